The fourth-order valence-corrected chi connectivity index (χ4v) is 3.03. The Kier molecular flexibility index (Phi) is 7.67. The quantitative estimate of drug-likeness (QED) is 0.624. The Bertz CT molecular complexity index is 286. The number of piperidine rings is 1. The number of hydrogen-bond acceptors (Lipinski definition) is 3. The lowest BCUT2D eigenvalue weighted by molar-refractivity contribution is -0.109. The standard InChI is InChI=1S/C13H25N3O.C4H10/c1-12(2)16-9-13(10-16)3-6-15(7-4-13)8-5-14-11-17;1-4(2)3/h11-12H,3-10H2,1-2H3,(H,14,17);4H,1-3H3. The maximum absolute atomic E-state index is 10.2. The predicted octanol–water partition coefficient (Wildman–Crippen LogP) is 2.20. The van der Waals surface area contributed by atoms with E-state index in [4.69, 9.17) is 0 Å². The van der Waals surface area contributed by atoms with Crippen molar-refractivity contribution in [1.82, 2.24) is 15.1 Å². The topological polar surface area (TPSA) is 35.6 Å². The fraction of sp³-hybridized carbons (Fsp3) is 0.941. The molecule has 2 fully saturated rings. The van der Waals surface area contributed by atoms with E-state index in [2.05, 4.69) is 49.7 Å². The molecule has 2 aliphatic heterocycles. The lowest BCUT2D eigenvalue weighted by Gasteiger charge is -2.55. The third-order valence-electron chi connectivity index (χ3n) is 4.38. The predicted molar refractivity (Wildman–Crippen MR) is 89.4 cm³/mol. The van der Waals surface area contributed by atoms with Crippen LogP contribution >= 0.6 is 0 Å². The van der Waals surface area contributed by atoms with Crippen molar-refractivity contribution in [3.8, 4) is 0 Å². The van der Waals surface area contributed by atoms with E-state index in [1.165, 1.54) is 39.0 Å². The highest BCUT2D eigenvalue weighted by atomic mass is 16.1. The van der Waals surface area contributed by atoms with Crippen molar-refractivity contribution in [2.45, 2.75) is 53.5 Å². The molecule has 2 saturated heterocycles. The van der Waals surface area contributed by atoms with Crippen LogP contribution in [0.2, 0.25) is 0 Å². The molecular formula is C17H35N3O. The van der Waals surface area contributed by atoms with E-state index in [0.29, 0.717) is 11.5 Å². The van der Waals surface area contributed by atoms with Crippen LogP contribution in [0.25, 0.3) is 0 Å². The summed E-state index contributed by atoms with van der Waals surface area (Å²) >= 11 is 0. The monoisotopic (exact) mass is 297 g/mol. The van der Waals surface area contributed by atoms with Crippen molar-refractivity contribution in [2.75, 3.05) is 39.3 Å². The fourth-order valence-electron chi connectivity index (χ4n) is 3.03. The van der Waals surface area contributed by atoms with Gasteiger partial charge in [0.2, 0.25) is 6.41 Å². The highest BCUT2D eigenvalue weighted by Crippen LogP contribution is 2.41. The molecule has 1 amide bonds. The highest BCUT2D eigenvalue weighted by Gasteiger charge is 2.45. The number of carbonyl (C=O) groups excluding carboxylic acids is 1. The first kappa shape index (κ1) is 18.4. The molecule has 0 aliphatic carbocycles. The van der Waals surface area contributed by atoms with Gasteiger partial charge in [0.25, 0.3) is 0 Å². The van der Waals surface area contributed by atoms with E-state index >= 15 is 0 Å². The molecule has 0 aromatic rings. The van der Waals surface area contributed by atoms with Crippen molar-refractivity contribution in [1.29, 1.82) is 0 Å². The molecule has 2 aliphatic rings. The molecule has 0 atom stereocenters. The Hall–Kier alpha value is -0.610. The Morgan fingerprint density at radius 1 is 1.10 bits per heavy atom. The van der Waals surface area contributed by atoms with E-state index in [1.807, 2.05) is 0 Å². The average molecular weight is 297 g/mol. The summed E-state index contributed by atoms with van der Waals surface area (Å²) in [4.78, 5) is 15.2. The molecule has 0 unspecified atom stereocenters. The summed E-state index contributed by atoms with van der Waals surface area (Å²) in [6, 6.07) is 0.704. The minimum atomic E-state index is 0.624. The van der Waals surface area contributed by atoms with Gasteiger partial charge in [0.05, 0.1) is 0 Å². The summed E-state index contributed by atoms with van der Waals surface area (Å²) < 4.78 is 0. The van der Waals surface area contributed by atoms with Gasteiger partial charge in [-0.05, 0) is 51.1 Å². The summed E-state index contributed by atoms with van der Waals surface area (Å²) in [7, 11) is 0. The summed E-state index contributed by atoms with van der Waals surface area (Å²) in [5.74, 6) is 0.833. The number of likely N-dealkylation sites (tertiary alicyclic amines) is 2. The second-order valence-electron chi connectivity index (χ2n) is 7.64. The lowest BCUT2D eigenvalue weighted by atomic mass is 9.71. The SMILES string of the molecule is CC(C)C.CC(C)N1CC2(CCN(CCNC=O)CC2)C1. The summed E-state index contributed by atoms with van der Waals surface area (Å²) in [5, 5.41) is 2.74. The first-order valence-corrected chi connectivity index (χ1v) is 8.52. The maximum Gasteiger partial charge on any atom is 0.207 e. The van der Waals surface area contributed by atoms with Gasteiger partial charge in [-0.3, -0.25) is 9.69 Å². The van der Waals surface area contributed by atoms with Gasteiger partial charge in [-0.15, -0.1) is 0 Å². The molecule has 1 spiro atoms. The molecule has 0 radical (unpaired) electrons. The van der Waals surface area contributed by atoms with Crippen molar-refractivity contribution in [2.24, 2.45) is 11.3 Å². The van der Waals surface area contributed by atoms with Crippen molar-refractivity contribution in [3.05, 3.63) is 0 Å². The van der Waals surface area contributed by atoms with E-state index < -0.39 is 0 Å². The van der Waals surface area contributed by atoms with Crippen LogP contribution in [0.1, 0.15) is 47.5 Å². The Balaban J connectivity index is 0.000000491. The number of carbonyl (C=O) groups is 1. The lowest BCUT2D eigenvalue weighted by Crippen LogP contribution is -2.62. The van der Waals surface area contributed by atoms with Gasteiger partial charge in [0, 0.05) is 32.2 Å². The zero-order valence-corrected chi connectivity index (χ0v) is 14.7. The van der Waals surface area contributed by atoms with Crippen molar-refractivity contribution < 1.29 is 4.79 Å². The number of rotatable bonds is 5. The van der Waals surface area contributed by atoms with Crippen LogP contribution in [0, 0.1) is 11.3 Å². The second-order valence-corrected chi connectivity index (χ2v) is 7.64. The van der Waals surface area contributed by atoms with Crippen LogP contribution in [0.4, 0.5) is 0 Å². The second kappa shape index (κ2) is 8.74. The summed E-state index contributed by atoms with van der Waals surface area (Å²) in [5.41, 5.74) is 0.624. The molecule has 124 valence electrons. The van der Waals surface area contributed by atoms with Gasteiger partial charge in [-0.2, -0.15) is 0 Å². The number of nitrogens with one attached hydrogen (secondary N) is 1. The smallest absolute Gasteiger partial charge is 0.207 e. The molecule has 2 heterocycles. The van der Waals surface area contributed by atoms with Crippen LogP contribution < -0.4 is 5.32 Å². The molecule has 2 rings (SSSR count). The van der Waals surface area contributed by atoms with Crippen LogP contribution in [-0.2, 0) is 4.79 Å². The van der Waals surface area contributed by atoms with Crippen LogP contribution in [0.3, 0.4) is 0 Å². The Morgan fingerprint density at radius 3 is 2.05 bits per heavy atom. The molecular weight excluding hydrogens is 262 g/mol. The molecule has 0 bridgehead atoms. The summed E-state index contributed by atoms with van der Waals surface area (Å²) in [6.45, 7) is 17.9. The minimum absolute atomic E-state index is 0.624. The maximum atomic E-state index is 10.2. The number of amides is 1. The van der Waals surface area contributed by atoms with Gasteiger partial charge in [0.1, 0.15) is 0 Å². The molecule has 4 nitrogen and oxygen atoms in total. The van der Waals surface area contributed by atoms with Crippen LogP contribution in [0.5, 0.6) is 0 Å². The normalized spacial score (nSPS) is 21.9. The van der Waals surface area contributed by atoms with Crippen molar-refractivity contribution >= 4 is 6.41 Å². The van der Waals surface area contributed by atoms with E-state index in [-0.39, 0.29) is 0 Å². The van der Waals surface area contributed by atoms with E-state index in [1.54, 1.807) is 0 Å². The third kappa shape index (κ3) is 6.35. The van der Waals surface area contributed by atoms with Crippen LogP contribution in [0.15, 0.2) is 0 Å². The summed E-state index contributed by atoms with van der Waals surface area (Å²) in [6.07, 6.45) is 3.45. The zero-order valence-electron chi connectivity index (χ0n) is 14.7. The first-order chi connectivity index (χ1) is 9.88. The minimum Gasteiger partial charge on any atom is -0.357 e. The van der Waals surface area contributed by atoms with E-state index in [9.17, 15) is 4.79 Å². The average Bonchev–Trinajstić information content (AvgIpc) is 2.36. The molecule has 0 aromatic carbocycles. The van der Waals surface area contributed by atoms with Gasteiger partial charge in [-0.25, -0.2) is 0 Å². The molecule has 4 heteroatoms. The zero-order chi connectivity index (χ0) is 15.9. The molecule has 21 heavy (non-hydrogen) atoms. The molecule has 0 aromatic heterocycles. The van der Waals surface area contributed by atoms with Gasteiger partial charge >= 0.3 is 0 Å². The third-order valence-corrected chi connectivity index (χ3v) is 4.38. The number of hydrogen-bond donors (Lipinski definition) is 1. The van der Waals surface area contributed by atoms with Gasteiger partial charge in [-0.1, -0.05) is 20.8 Å². The first-order valence-electron chi connectivity index (χ1n) is 8.52. The van der Waals surface area contributed by atoms with Crippen LogP contribution in [-0.4, -0.2) is 61.5 Å². The van der Waals surface area contributed by atoms with Crippen molar-refractivity contribution in [3.63, 3.8) is 0 Å². The van der Waals surface area contributed by atoms with Gasteiger partial charge < -0.3 is 10.2 Å². The largest absolute Gasteiger partial charge is 0.357 e. The van der Waals surface area contributed by atoms with Gasteiger partial charge in [0.15, 0.2) is 0 Å². The molecule has 1 N–H and O–H groups in total. The number of nitrogens with zero attached hydrogens (tertiary/aromatic N) is 2. The van der Waals surface area contributed by atoms with E-state index in [0.717, 1.165) is 25.4 Å². The Labute approximate surface area is 131 Å². The Morgan fingerprint density at radius 2 is 1.62 bits per heavy atom. The highest BCUT2D eigenvalue weighted by molar-refractivity contribution is 5.45. The molecule has 0 saturated carbocycles.